The lowest BCUT2D eigenvalue weighted by Crippen LogP contribution is -2.54. The standard InChI is InChI=1S/C19H30N4O/c24-18(6-13-23-12-3-9-20-23)22-11-2-8-19(16-22)7-1-10-21(15-19)14-17-4-5-17/h3,9,12,17H,1-2,4-8,10-11,13-16H2. The maximum atomic E-state index is 12.7. The van der Waals surface area contributed by atoms with E-state index in [9.17, 15) is 4.79 Å². The van der Waals surface area contributed by atoms with Gasteiger partial charge in [0.15, 0.2) is 0 Å². The molecule has 1 amide bonds. The Morgan fingerprint density at radius 2 is 2.00 bits per heavy atom. The highest BCUT2D eigenvalue weighted by atomic mass is 16.2. The normalized spacial score (nSPS) is 28.4. The van der Waals surface area contributed by atoms with Gasteiger partial charge in [0.25, 0.3) is 0 Å². The highest BCUT2D eigenvalue weighted by Crippen LogP contribution is 2.40. The van der Waals surface area contributed by atoms with Crippen LogP contribution in [0.15, 0.2) is 18.5 Å². The molecule has 1 aliphatic carbocycles. The second-order valence-electron chi connectivity index (χ2n) is 8.22. The van der Waals surface area contributed by atoms with Gasteiger partial charge in [0.2, 0.25) is 5.91 Å². The Labute approximate surface area is 145 Å². The van der Waals surface area contributed by atoms with Crippen LogP contribution >= 0.6 is 0 Å². The van der Waals surface area contributed by atoms with Crippen LogP contribution in [-0.4, -0.2) is 58.2 Å². The van der Waals surface area contributed by atoms with Gasteiger partial charge in [-0.25, -0.2) is 0 Å². The van der Waals surface area contributed by atoms with Gasteiger partial charge in [-0.3, -0.25) is 9.48 Å². The van der Waals surface area contributed by atoms with Gasteiger partial charge in [-0.1, -0.05) is 0 Å². The van der Waals surface area contributed by atoms with Gasteiger partial charge in [0.1, 0.15) is 0 Å². The van der Waals surface area contributed by atoms with Gasteiger partial charge < -0.3 is 9.80 Å². The molecule has 0 radical (unpaired) electrons. The molecule has 1 spiro atoms. The highest BCUT2D eigenvalue weighted by Gasteiger charge is 2.41. The molecule has 3 fully saturated rings. The average Bonchev–Trinajstić information content (AvgIpc) is 3.24. The van der Waals surface area contributed by atoms with E-state index < -0.39 is 0 Å². The molecule has 0 bridgehead atoms. The summed E-state index contributed by atoms with van der Waals surface area (Å²) < 4.78 is 1.86. The van der Waals surface area contributed by atoms with Crippen LogP contribution in [0.1, 0.15) is 44.9 Å². The van der Waals surface area contributed by atoms with Crippen molar-refractivity contribution in [1.29, 1.82) is 0 Å². The topological polar surface area (TPSA) is 41.4 Å². The summed E-state index contributed by atoms with van der Waals surface area (Å²) in [5, 5.41) is 4.20. The van der Waals surface area contributed by atoms with E-state index in [0.717, 1.165) is 19.0 Å². The summed E-state index contributed by atoms with van der Waals surface area (Å²) in [4.78, 5) is 17.5. The number of likely N-dealkylation sites (tertiary alicyclic amines) is 2. The fourth-order valence-electron chi connectivity index (χ4n) is 4.69. The maximum absolute atomic E-state index is 12.7. The molecular formula is C19H30N4O. The predicted molar refractivity (Wildman–Crippen MR) is 93.5 cm³/mol. The minimum absolute atomic E-state index is 0.309. The van der Waals surface area contributed by atoms with Gasteiger partial charge in [0.05, 0.1) is 0 Å². The third-order valence-corrected chi connectivity index (χ3v) is 6.08. The highest BCUT2D eigenvalue weighted by molar-refractivity contribution is 5.76. The van der Waals surface area contributed by atoms with Gasteiger partial charge in [-0.2, -0.15) is 5.10 Å². The van der Waals surface area contributed by atoms with Crippen LogP contribution in [0.4, 0.5) is 0 Å². The Morgan fingerprint density at radius 1 is 1.17 bits per heavy atom. The van der Waals surface area contributed by atoms with Crippen molar-refractivity contribution in [3.8, 4) is 0 Å². The number of aryl methyl sites for hydroxylation is 1. The lowest BCUT2D eigenvalue weighted by Gasteiger charge is -2.48. The smallest absolute Gasteiger partial charge is 0.224 e. The van der Waals surface area contributed by atoms with E-state index >= 15 is 0 Å². The third-order valence-electron chi connectivity index (χ3n) is 6.08. The van der Waals surface area contributed by atoms with E-state index in [0.29, 0.717) is 24.3 Å². The summed E-state index contributed by atoms with van der Waals surface area (Å²) in [5.74, 6) is 1.28. The number of hydrogen-bond donors (Lipinski definition) is 0. The van der Waals surface area contributed by atoms with Crippen LogP contribution in [0, 0.1) is 11.3 Å². The van der Waals surface area contributed by atoms with Crippen molar-refractivity contribution in [3.63, 3.8) is 0 Å². The van der Waals surface area contributed by atoms with Crippen LogP contribution < -0.4 is 0 Å². The van der Waals surface area contributed by atoms with Crippen LogP contribution in [-0.2, 0) is 11.3 Å². The van der Waals surface area contributed by atoms with Crippen LogP contribution in [0.5, 0.6) is 0 Å². The monoisotopic (exact) mass is 330 g/mol. The Hall–Kier alpha value is -1.36. The number of rotatable bonds is 5. The Kier molecular flexibility index (Phi) is 4.61. The fourth-order valence-corrected chi connectivity index (χ4v) is 4.69. The summed E-state index contributed by atoms with van der Waals surface area (Å²) in [6.45, 7) is 6.41. The molecule has 132 valence electrons. The zero-order chi connectivity index (χ0) is 16.4. The van der Waals surface area contributed by atoms with Crippen molar-refractivity contribution in [1.82, 2.24) is 19.6 Å². The Morgan fingerprint density at radius 3 is 2.75 bits per heavy atom. The van der Waals surface area contributed by atoms with Crippen molar-refractivity contribution in [2.24, 2.45) is 11.3 Å². The summed E-state index contributed by atoms with van der Waals surface area (Å²) in [6.07, 6.45) is 12.2. The molecule has 0 N–H and O–H groups in total. The number of carbonyl (C=O) groups is 1. The van der Waals surface area contributed by atoms with E-state index in [2.05, 4.69) is 14.9 Å². The van der Waals surface area contributed by atoms with E-state index in [4.69, 9.17) is 0 Å². The average molecular weight is 330 g/mol. The molecule has 3 aliphatic rings. The SMILES string of the molecule is O=C(CCn1cccn1)N1CCCC2(CCCN(CC3CC3)C2)C1. The molecule has 2 aliphatic heterocycles. The van der Waals surface area contributed by atoms with Gasteiger partial charge >= 0.3 is 0 Å². The second kappa shape index (κ2) is 6.87. The molecule has 3 heterocycles. The van der Waals surface area contributed by atoms with Crippen molar-refractivity contribution in [2.45, 2.75) is 51.5 Å². The lowest BCUT2D eigenvalue weighted by molar-refractivity contribution is -0.136. The minimum atomic E-state index is 0.309. The number of amides is 1. The largest absolute Gasteiger partial charge is 0.342 e. The predicted octanol–water partition coefficient (Wildman–Crippen LogP) is 2.39. The number of carbonyl (C=O) groups excluding carboxylic acids is 1. The molecular weight excluding hydrogens is 300 g/mol. The fraction of sp³-hybridized carbons (Fsp3) is 0.789. The van der Waals surface area contributed by atoms with Crippen molar-refractivity contribution >= 4 is 5.91 Å². The molecule has 2 saturated heterocycles. The van der Waals surface area contributed by atoms with Gasteiger partial charge in [-0.05, 0) is 57.1 Å². The first kappa shape index (κ1) is 16.1. The number of piperidine rings is 2. The molecule has 0 aromatic carbocycles. The maximum Gasteiger partial charge on any atom is 0.224 e. The quantitative estimate of drug-likeness (QED) is 0.832. The molecule has 24 heavy (non-hydrogen) atoms. The van der Waals surface area contributed by atoms with Crippen molar-refractivity contribution in [2.75, 3.05) is 32.7 Å². The molecule has 1 unspecified atom stereocenters. The van der Waals surface area contributed by atoms with Crippen molar-refractivity contribution < 1.29 is 4.79 Å². The number of hydrogen-bond acceptors (Lipinski definition) is 3. The summed E-state index contributed by atoms with van der Waals surface area (Å²) in [5.41, 5.74) is 0.368. The Bertz CT molecular complexity index is 550. The molecule has 1 saturated carbocycles. The molecule has 5 nitrogen and oxygen atoms in total. The van der Waals surface area contributed by atoms with Crippen molar-refractivity contribution in [3.05, 3.63) is 18.5 Å². The third kappa shape index (κ3) is 3.82. The molecule has 4 rings (SSSR count). The number of aromatic nitrogens is 2. The molecule has 1 aromatic heterocycles. The molecule has 5 heteroatoms. The van der Waals surface area contributed by atoms with E-state index in [-0.39, 0.29) is 0 Å². The molecule has 1 aromatic rings. The zero-order valence-corrected chi connectivity index (χ0v) is 14.7. The van der Waals surface area contributed by atoms with E-state index in [1.165, 1.54) is 58.2 Å². The zero-order valence-electron chi connectivity index (χ0n) is 14.7. The summed E-state index contributed by atoms with van der Waals surface area (Å²) >= 11 is 0. The van der Waals surface area contributed by atoms with Gasteiger partial charge in [-0.15, -0.1) is 0 Å². The van der Waals surface area contributed by atoms with E-state index in [1.54, 1.807) is 6.20 Å². The Balaban J connectivity index is 1.32. The van der Waals surface area contributed by atoms with Crippen LogP contribution in [0.3, 0.4) is 0 Å². The van der Waals surface area contributed by atoms with Crippen LogP contribution in [0.2, 0.25) is 0 Å². The van der Waals surface area contributed by atoms with E-state index in [1.807, 2.05) is 16.9 Å². The summed E-state index contributed by atoms with van der Waals surface area (Å²) in [7, 11) is 0. The van der Waals surface area contributed by atoms with Gasteiger partial charge in [0, 0.05) is 57.0 Å². The minimum Gasteiger partial charge on any atom is -0.342 e. The number of nitrogens with zero attached hydrogens (tertiary/aromatic N) is 4. The first-order valence-corrected chi connectivity index (χ1v) is 9.70. The first-order chi connectivity index (χ1) is 11.7. The lowest BCUT2D eigenvalue weighted by atomic mass is 9.73. The first-order valence-electron chi connectivity index (χ1n) is 9.70. The second-order valence-corrected chi connectivity index (χ2v) is 8.22. The molecule has 1 atom stereocenters. The summed E-state index contributed by atoms with van der Waals surface area (Å²) in [6, 6.07) is 1.91. The van der Waals surface area contributed by atoms with Crippen LogP contribution in [0.25, 0.3) is 0 Å².